The van der Waals surface area contributed by atoms with Crippen LogP contribution in [0.25, 0.3) is 0 Å². The first-order valence-electron chi connectivity index (χ1n) is 4.84. The van der Waals surface area contributed by atoms with Crippen LogP contribution < -0.4 is 0 Å². The number of fused-ring (bicyclic) bond motifs is 1. The van der Waals surface area contributed by atoms with Crippen LogP contribution in [0.3, 0.4) is 0 Å². The first kappa shape index (κ1) is 8.06. The van der Waals surface area contributed by atoms with Crippen molar-refractivity contribution in [2.45, 2.75) is 19.8 Å². The molecule has 2 rings (SSSR count). The minimum absolute atomic E-state index is 0.759. The van der Waals surface area contributed by atoms with Crippen molar-refractivity contribution in [3.63, 3.8) is 0 Å². The molecular formula is C11H17N. The van der Waals surface area contributed by atoms with Crippen LogP contribution >= 0.6 is 0 Å². The molecule has 1 aliphatic carbocycles. The molecule has 66 valence electrons. The minimum atomic E-state index is 0.759. The van der Waals surface area contributed by atoms with E-state index in [0.717, 1.165) is 12.5 Å². The largest absolute Gasteiger partial charge is 0.302 e. The van der Waals surface area contributed by atoms with Crippen LogP contribution in [0.5, 0.6) is 0 Å². The molecule has 0 spiro atoms. The highest BCUT2D eigenvalue weighted by molar-refractivity contribution is 5.37. The molecule has 0 amide bonds. The zero-order valence-electron chi connectivity index (χ0n) is 8.01. The summed E-state index contributed by atoms with van der Waals surface area (Å²) in [6.07, 6.45) is 7.40. The Kier molecular flexibility index (Phi) is 2.05. The Morgan fingerprint density at radius 2 is 2.25 bits per heavy atom. The standard InChI is InChI=1S/C11H17N/c1-9-3-4-10-5-6-12(2)8-11(10)7-9/h4,7,9H,3,5-6,8H2,1-2H3. The Morgan fingerprint density at radius 3 is 3.08 bits per heavy atom. The van der Waals surface area contributed by atoms with Crippen molar-refractivity contribution in [3.8, 4) is 0 Å². The number of hydrogen-bond acceptors (Lipinski definition) is 1. The number of likely N-dealkylation sites (tertiary alicyclic amines) is 1. The average molecular weight is 163 g/mol. The van der Waals surface area contributed by atoms with Gasteiger partial charge in [0, 0.05) is 13.1 Å². The molecular weight excluding hydrogens is 146 g/mol. The maximum absolute atomic E-state index is 2.45. The summed E-state index contributed by atoms with van der Waals surface area (Å²) in [5.41, 5.74) is 3.20. The van der Waals surface area contributed by atoms with Gasteiger partial charge in [-0.2, -0.15) is 0 Å². The molecule has 1 nitrogen and oxygen atoms in total. The van der Waals surface area contributed by atoms with E-state index in [0.29, 0.717) is 0 Å². The summed E-state index contributed by atoms with van der Waals surface area (Å²) in [6.45, 7) is 4.70. The Morgan fingerprint density at radius 1 is 1.42 bits per heavy atom. The second-order valence-electron chi connectivity index (χ2n) is 4.12. The molecule has 1 saturated heterocycles. The van der Waals surface area contributed by atoms with Crippen molar-refractivity contribution in [1.82, 2.24) is 4.90 Å². The second kappa shape index (κ2) is 3.06. The van der Waals surface area contributed by atoms with Crippen LogP contribution in [0.2, 0.25) is 0 Å². The molecule has 0 bridgehead atoms. The fourth-order valence-electron chi connectivity index (χ4n) is 2.08. The van der Waals surface area contributed by atoms with Gasteiger partial charge in [0.2, 0.25) is 0 Å². The summed E-state index contributed by atoms with van der Waals surface area (Å²) >= 11 is 0. The fourth-order valence-corrected chi connectivity index (χ4v) is 2.08. The third-order valence-electron chi connectivity index (χ3n) is 2.84. The Bertz CT molecular complexity index is 237. The summed E-state index contributed by atoms with van der Waals surface area (Å²) in [5.74, 6) is 0.759. The van der Waals surface area contributed by atoms with Gasteiger partial charge in [-0.25, -0.2) is 0 Å². The van der Waals surface area contributed by atoms with Crippen molar-refractivity contribution < 1.29 is 0 Å². The second-order valence-corrected chi connectivity index (χ2v) is 4.12. The van der Waals surface area contributed by atoms with Gasteiger partial charge in [0.15, 0.2) is 0 Å². The highest BCUT2D eigenvalue weighted by Gasteiger charge is 2.18. The summed E-state index contributed by atoms with van der Waals surface area (Å²) < 4.78 is 0. The molecule has 0 radical (unpaired) electrons. The monoisotopic (exact) mass is 163 g/mol. The quantitative estimate of drug-likeness (QED) is 0.529. The Labute approximate surface area is 74.8 Å². The van der Waals surface area contributed by atoms with Crippen LogP contribution in [-0.4, -0.2) is 25.0 Å². The van der Waals surface area contributed by atoms with E-state index in [9.17, 15) is 0 Å². The fraction of sp³-hybridized carbons (Fsp3) is 0.636. The van der Waals surface area contributed by atoms with Crippen molar-refractivity contribution in [3.05, 3.63) is 23.3 Å². The molecule has 1 aliphatic heterocycles. The van der Waals surface area contributed by atoms with Crippen LogP contribution in [-0.2, 0) is 0 Å². The minimum Gasteiger partial charge on any atom is -0.302 e. The zero-order chi connectivity index (χ0) is 8.55. The molecule has 1 heteroatoms. The molecule has 1 heterocycles. The van der Waals surface area contributed by atoms with Gasteiger partial charge in [-0.15, -0.1) is 0 Å². The molecule has 0 aromatic carbocycles. The third kappa shape index (κ3) is 1.46. The molecule has 0 aromatic heterocycles. The van der Waals surface area contributed by atoms with Crippen LogP contribution in [0.4, 0.5) is 0 Å². The Balaban J connectivity index is 2.18. The van der Waals surface area contributed by atoms with Crippen LogP contribution in [0, 0.1) is 5.92 Å². The molecule has 1 unspecified atom stereocenters. The molecule has 1 atom stereocenters. The maximum atomic E-state index is 2.45. The van der Waals surface area contributed by atoms with Gasteiger partial charge in [-0.1, -0.05) is 19.1 Å². The lowest BCUT2D eigenvalue weighted by atomic mass is 9.87. The molecule has 0 saturated carbocycles. The van der Waals surface area contributed by atoms with Gasteiger partial charge in [-0.05, 0) is 37.0 Å². The summed E-state index contributed by atoms with van der Waals surface area (Å²) in [7, 11) is 2.21. The van der Waals surface area contributed by atoms with Crippen molar-refractivity contribution >= 4 is 0 Å². The number of hydrogen-bond donors (Lipinski definition) is 0. The Hall–Kier alpha value is -0.560. The number of piperidine rings is 1. The van der Waals surface area contributed by atoms with E-state index < -0.39 is 0 Å². The van der Waals surface area contributed by atoms with Crippen molar-refractivity contribution in [1.29, 1.82) is 0 Å². The first-order valence-corrected chi connectivity index (χ1v) is 4.84. The van der Waals surface area contributed by atoms with E-state index in [-0.39, 0.29) is 0 Å². The van der Waals surface area contributed by atoms with Gasteiger partial charge in [-0.3, -0.25) is 0 Å². The summed E-state index contributed by atoms with van der Waals surface area (Å²) in [5, 5.41) is 0. The van der Waals surface area contributed by atoms with Crippen LogP contribution in [0.15, 0.2) is 23.3 Å². The smallest absolute Gasteiger partial charge is 0.0230 e. The summed E-state index contributed by atoms with van der Waals surface area (Å²) in [6, 6.07) is 0. The van der Waals surface area contributed by atoms with Gasteiger partial charge >= 0.3 is 0 Å². The van der Waals surface area contributed by atoms with Gasteiger partial charge in [0.05, 0.1) is 0 Å². The van der Waals surface area contributed by atoms with Gasteiger partial charge in [0.25, 0.3) is 0 Å². The highest BCUT2D eigenvalue weighted by atomic mass is 15.1. The predicted molar refractivity (Wildman–Crippen MR) is 52.1 cm³/mol. The van der Waals surface area contributed by atoms with Gasteiger partial charge in [0.1, 0.15) is 0 Å². The third-order valence-corrected chi connectivity index (χ3v) is 2.84. The van der Waals surface area contributed by atoms with E-state index >= 15 is 0 Å². The van der Waals surface area contributed by atoms with E-state index in [1.165, 1.54) is 19.4 Å². The van der Waals surface area contributed by atoms with Gasteiger partial charge < -0.3 is 4.90 Å². The molecule has 12 heavy (non-hydrogen) atoms. The lowest BCUT2D eigenvalue weighted by Gasteiger charge is -2.30. The lowest BCUT2D eigenvalue weighted by Crippen LogP contribution is -2.29. The van der Waals surface area contributed by atoms with E-state index in [4.69, 9.17) is 0 Å². The maximum Gasteiger partial charge on any atom is 0.0230 e. The number of likely N-dealkylation sites (N-methyl/N-ethyl adjacent to an activating group) is 1. The number of nitrogens with zero attached hydrogens (tertiary/aromatic N) is 1. The SMILES string of the molecule is CC1C=C2CN(C)CCC2=CC1. The predicted octanol–water partition coefficient (Wildman–Crippen LogP) is 2.21. The topological polar surface area (TPSA) is 3.24 Å². The number of allylic oxidation sites excluding steroid dienone is 2. The lowest BCUT2D eigenvalue weighted by molar-refractivity contribution is 0.344. The van der Waals surface area contributed by atoms with Crippen LogP contribution in [0.1, 0.15) is 19.8 Å². The first-order chi connectivity index (χ1) is 5.75. The zero-order valence-corrected chi connectivity index (χ0v) is 8.01. The van der Waals surface area contributed by atoms with Crippen molar-refractivity contribution in [2.24, 2.45) is 5.92 Å². The van der Waals surface area contributed by atoms with E-state index in [1.807, 2.05) is 0 Å². The summed E-state index contributed by atoms with van der Waals surface area (Å²) in [4.78, 5) is 2.40. The molecule has 2 aliphatic rings. The average Bonchev–Trinajstić information content (AvgIpc) is 2.03. The molecule has 0 aromatic rings. The number of rotatable bonds is 0. The highest BCUT2D eigenvalue weighted by Crippen LogP contribution is 2.28. The normalized spacial score (nSPS) is 30.7. The van der Waals surface area contributed by atoms with E-state index in [1.54, 1.807) is 11.1 Å². The van der Waals surface area contributed by atoms with Crippen molar-refractivity contribution in [2.75, 3.05) is 20.1 Å². The molecule has 1 fully saturated rings. The molecule has 0 N–H and O–H groups in total. The van der Waals surface area contributed by atoms with E-state index in [2.05, 4.69) is 31.0 Å².